The minimum atomic E-state index is -0.472. The van der Waals surface area contributed by atoms with Gasteiger partial charge in [-0.2, -0.15) is 0 Å². The molecule has 0 bridgehead atoms. The number of hydrogen-bond donors (Lipinski definition) is 1. The normalized spacial score (nSPS) is 15.1. The van der Waals surface area contributed by atoms with E-state index in [0.29, 0.717) is 23.5 Å². The van der Waals surface area contributed by atoms with Gasteiger partial charge in [0.15, 0.2) is 17.3 Å². The number of ketones is 1. The van der Waals surface area contributed by atoms with Gasteiger partial charge in [0.2, 0.25) is 6.79 Å². The molecule has 15 heavy (non-hydrogen) atoms. The van der Waals surface area contributed by atoms with Gasteiger partial charge in [0.1, 0.15) is 0 Å². The third-order valence-corrected chi connectivity index (χ3v) is 2.44. The van der Waals surface area contributed by atoms with Gasteiger partial charge in [-0.05, 0) is 18.6 Å². The van der Waals surface area contributed by atoms with Crippen LogP contribution in [0.2, 0.25) is 0 Å². The van der Waals surface area contributed by atoms with Crippen LogP contribution in [0, 0.1) is 0 Å². The van der Waals surface area contributed by atoms with Crippen molar-refractivity contribution in [2.24, 2.45) is 5.73 Å². The van der Waals surface area contributed by atoms with Crippen molar-refractivity contribution in [1.29, 1.82) is 0 Å². The molecule has 2 rings (SSSR count). The van der Waals surface area contributed by atoms with Crippen LogP contribution < -0.4 is 15.2 Å². The molecule has 2 N–H and O–H groups in total. The predicted octanol–water partition coefficient (Wildman–Crippen LogP) is 1.34. The van der Waals surface area contributed by atoms with E-state index in [1.165, 1.54) is 0 Å². The van der Waals surface area contributed by atoms with Crippen molar-refractivity contribution in [3.8, 4) is 11.5 Å². The van der Waals surface area contributed by atoms with Crippen LogP contribution in [0.1, 0.15) is 23.7 Å². The minimum Gasteiger partial charge on any atom is -0.454 e. The Hall–Kier alpha value is -1.55. The van der Waals surface area contributed by atoms with E-state index in [-0.39, 0.29) is 12.6 Å². The third-order valence-electron chi connectivity index (χ3n) is 2.44. The van der Waals surface area contributed by atoms with Gasteiger partial charge in [-0.15, -0.1) is 0 Å². The van der Waals surface area contributed by atoms with Gasteiger partial charge in [-0.25, -0.2) is 0 Å². The standard InChI is InChI=1S/C11H13NO3/c1-2-8(12)10(13)7-4-3-5-9-11(7)15-6-14-9/h3-5,8H,2,6,12H2,1H3. The minimum absolute atomic E-state index is 0.0974. The van der Waals surface area contributed by atoms with Crippen LogP contribution in [-0.2, 0) is 0 Å². The van der Waals surface area contributed by atoms with Crippen molar-refractivity contribution >= 4 is 5.78 Å². The SMILES string of the molecule is CCC(N)C(=O)c1cccc2c1OCO2. The Balaban J connectivity index is 2.37. The summed E-state index contributed by atoms with van der Waals surface area (Å²) in [6.45, 7) is 2.05. The molecule has 80 valence electrons. The highest BCUT2D eigenvalue weighted by Gasteiger charge is 2.24. The predicted molar refractivity (Wildman–Crippen MR) is 55.2 cm³/mol. The topological polar surface area (TPSA) is 61.6 Å². The molecule has 1 heterocycles. The number of carbonyl (C=O) groups is 1. The number of nitrogens with two attached hydrogens (primary N) is 1. The van der Waals surface area contributed by atoms with Crippen molar-refractivity contribution in [3.05, 3.63) is 23.8 Å². The molecular weight excluding hydrogens is 194 g/mol. The smallest absolute Gasteiger partial charge is 0.231 e. The molecule has 0 spiro atoms. The number of para-hydroxylation sites is 1. The van der Waals surface area contributed by atoms with Crippen LogP contribution >= 0.6 is 0 Å². The summed E-state index contributed by atoms with van der Waals surface area (Å²) in [5.74, 6) is 1.04. The quantitative estimate of drug-likeness (QED) is 0.759. The Kier molecular flexibility index (Phi) is 2.60. The Morgan fingerprint density at radius 2 is 2.33 bits per heavy atom. The number of fused-ring (bicyclic) bond motifs is 1. The summed E-state index contributed by atoms with van der Waals surface area (Å²) < 4.78 is 10.4. The molecule has 1 unspecified atom stereocenters. The summed E-state index contributed by atoms with van der Waals surface area (Å²) in [7, 11) is 0. The number of rotatable bonds is 3. The van der Waals surface area contributed by atoms with E-state index < -0.39 is 6.04 Å². The molecule has 0 radical (unpaired) electrons. The molecule has 1 aliphatic rings. The second-order valence-electron chi connectivity index (χ2n) is 3.42. The summed E-state index contributed by atoms with van der Waals surface area (Å²) in [4.78, 5) is 11.9. The molecule has 1 atom stereocenters. The number of hydrogen-bond acceptors (Lipinski definition) is 4. The molecule has 0 aromatic heterocycles. The van der Waals surface area contributed by atoms with E-state index in [1.54, 1.807) is 18.2 Å². The van der Waals surface area contributed by atoms with Gasteiger partial charge in [0, 0.05) is 0 Å². The van der Waals surface area contributed by atoms with Gasteiger partial charge >= 0.3 is 0 Å². The zero-order valence-corrected chi connectivity index (χ0v) is 8.53. The lowest BCUT2D eigenvalue weighted by Crippen LogP contribution is -2.29. The number of Topliss-reactive ketones (excluding diaryl/α,β-unsaturated/α-hetero) is 1. The van der Waals surface area contributed by atoms with Crippen LogP contribution in [0.15, 0.2) is 18.2 Å². The molecular formula is C11H13NO3. The van der Waals surface area contributed by atoms with E-state index in [2.05, 4.69) is 0 Å². The van der Waals surface area contributed by atoms with E-state index in [4.69, 9.17) is 15.2 Å². The van der Waals surface area contributed by atoms with Gasteiger partial charge in [0.25, 0.3) is 0 Å². The van der Waals surface area contributed by atoms with E-state index in [0.717, 1.165) is 0 Å². The zero-order chi connectivity index (χ0) is 10.8. The van der Waals surface area contributed by atoms with Gasteiger partial charge in [-0.1, -0.05) is 13.0 Å². The second-order valence-corrected chi connectivity index (χ2v) is 3.42. The van der Waals surface area contributed by atoms with Crippen LogP contribution in [0.5, 0.6) is 11.5 Å². The lowest BCUT2D eigenvalue weighted by Gasteiger charge is -2.09. The second kappa shape index (κ2) is 3.90. The fourth-order valence-corrected chi connectivity index (χ4v) is 1.51. The highest BCUT2D eigenvalue weighted by Crippen LogP contribution is 2.35. The first-order chi connectivity index (χ1) is 7.24. The molecule has 0 amide bonds. The van der Waals surface area contributed by atoms with E-state index >= 15 is 0 Å². The molecule has 1 aromatic carbocycles. The van der Waals surface area contributed by atoms with Crippen molar-refractivity contribution in [2.45, 2.75) is 19.4 Å². The lowest BCUT2D eigenvalue weighted by atomic mass is 10.0. The first-order valence-corrected chi connectivity index (χ1v) is 4.92. The highest BCUT2D eigenvalue weighted by atomic mass is 16.7. The molecule has 0 aliphatic carbocycles. The van der Waals surface area contributed by atoms with Crippen molar-refractivity contribution in [1.82, 2.24) is 0 Å². The van der Waals surface area contributed by atoms with Gasteiger partial charge in [0.05, 0.1) is 11.6 Å². The maximum Gasteiger partial charge on any atom is 0.231 e. The van der Waals surface area contributed by atoms with Crippen LogP contribution in [-0.4, -0.2) is 18.6 Å². The number of ether oxygens (including phenoxy) is 2. The summed E-state index contributed by atoms with van der Waals surface area (Å²) in [5.41, 5.74) is 6.21. The van der Waals surface area contributed by atoms with Crippen molar-refractivity contribution < 1.29 is 14.3 Å². The Bertz CT molecular complexity index is 389. The maximum atomic E-state index is 11.9. The molecule has 4 nitrogen and oxygen atoms in total. The van der Waals surface area contributed by atoms with Crippen molar-refractivity contribution in [2.75, 3.05) is 6.79 Å². The Morgan fingerprint density at radius 1 is 1.53 bits per heavy atom. The first-order valence-electron chi connectivity index (χ1n) is 4.92. The summed E-state index contributed by atoms with van der Waals surface area (Å²) in [5, 5.41) is 0. The van der Waals surface area contributed by atoms with Crippen LogP contribution in [0.25, 0.3) is 0 Å². The molecule has 1 aromatic rings. The number of carbonyl (C=O) groups excluding carboxylic acids is 1. The fraction of sp³-hybridized carbons (Fsp3) is 0.364. The third kappa shape index (κ3) is 1.68. The molecule has 0 fully saturated rings. The van der Waals surface area contributed by atoms with Crippen LogP contribution in [0.4, 0.5) is 0 Å². The van der Waals surface area contributed by atoms with Gasteiger partial charge in [-0.3, -0.25) is 4.79 Å². The fourth-order valence-electron chi connectivity index (χ4n) is 1.51. The monoisotopic (exact) mass is 207 g/mol. The van der Waals surface area contributed by atoms with Gasteiger partial charge < -0.3 is 15.2 Å². The van der Waals surface area contributed by atoms with Crippen molar-refractivity contribution in [3.63, 3.8) is 0 Å². The molecule has 0 saturated heterocycles. The molecule has 0 saturated carbocycles. The zero-order valence-electron chi connectivity index (χ0n) is 8.53. The summed E-state index contributed by atoms with van der Waals surface area (Å²) >= 11 is 0. The average molecular weight is 207 g/mol. The van der Waals surface area contributed by atoms with Crippen LogP contribution in [0.3, 0.4) is 0 Å². The summed E-state index contributed by atoms with van der Waals surface area (Å²) in [6.07, 6.45) is 0.614. The first kappa shape index (κ1) is 9.98. The van der Waals surface area contributed by atoms with E-state index in [9.17, 15) is 4.79 Å². The lowest BCUT2D eigenvalue weighted by molar-refractivity contribution is 0.0954. The maximum absolute atomic E-state index is 11.9. The Morgan fingerprint density at radius 3 is 3.07 bits per heavy atom. The highest BCUT2D eigenvalue weighted by molar-refractivity contribution is 6.03. The number of benzene rings is 1. The molecule has 1 aliphatic heterocycles. The average Bonchev–Trinajstić information content (AvgIpc) is 2.74. The Labute approximate surface area is 88.0 Å². The largest absolute Gasteiger partial charge is 0.454 e. The molecule has 4 heteroatoms. The summed E-state index contributed by atoms with van der Waals surface area (Å²) in [6, 6.07) is 4.78. The van der Waals surface area contributed by atoms with E-state index in [1.807, 2.05) is 6.92 Å².